The van der Waals surface area contributed by atoms with Crippen molar-refractivity contribution in [3.63, 3.8) is 0 Å². The van der Waals surface area contributed by atoms with Crippen LogP contribution in [0.25, 0.3) is 0 Å². The van der Waals surface area contributed by atoms with Crippen LogP contribution < -0.4 is 10.9 Å². The number of aliphatic hydroxyl groups is 1. The molecule has 7 nitrogen and oxygen atoms in total. The Morgan fingerprint density at radius 3 is 2.61 bits per heavy atom. The largest absolute Gasteiger partial charge is 0.446 e. The van der Waals surface area contributed by atoms with Crippen molar-refractivity contribution in [1.82, 2.24) is 10.2 Å². The number of hydrogen-bond donors (Lipinski definition) is 2. The van der Waals surface area contributed by atoms with Crippen LogP contribution in [0.1, 0.15) is 83.1 Å². The minimum absolute atomic E-state index is 0.0163. The van der Waals surface area contributed by atoms with Crippen LogP contribution in [0.2, 0.25) is 0 Å². The molecule has 7 heteroatoms. The second-order valence-corrected chi connectivity index (χ2v) is 12.9. The Balaban J connectivity index is 1.17. The molecule has 0 unspecified atom stereocenters. The van der Waals surface area contributed by atoms with Crippen molar-refractivity contribution in [3.05, 3.63) is 34.4 Å². The summed E-state index contributed by atoms with van der Waals surface area (Å²) >= 11 is 0. The summed E-state index contributed by atoms with van der Waals surface area (Å²) in [4.78, 5) is 26.1. The van der Waals surface area contributed by atoms with Gasteiger partial charge >= 0.3 is 11.7 Å². The number of amides is 1. The van der Waals surface area contributed by atoms with Gasteiger partial charge in [-0.15, -0.1) is 0 Å². The van der Waals surface area contributed by atoms with E-state index in [4.69, 9.17) is 9.15 Å². The van der Waals surface area contributed by atoms with E-state index in [0.717, 1.165) is 89.5 Å². The van der Waals surface area contributed by atoms with Crippen LogP contribution in [0, 0.1) is 28.6 Å². The van der Waals surface area contributed by atoms with Crippen LogP contribution in [-0.4, -0.2) is 54.0 Å². The van der Waals surface area contributed by atoms with Crippen molar-refractivity contribution < 1.29 is 19.1 Å². The molecule has 6 rings (SSSR count). The molecule has 8 atom stereocenters. The highest BCUT2D eigenvalue weighted by molar-refractivity contribution is 5.68. The molecule has 2 N–H and O–H groups in total. The molecule has 36 heavy (non-hydrogen) atoms. The lowest BCUT2D eigenvalue weighted by atomic mass is 9.43. The summed E-state index contributed by atoms with van der Waals surface area (Å²) in [5.74, 6) is 1.57. The van der Waals surface area contributed by atoms with E-state index < -0.39 is 5.60 Å². The maximum atomic E-state index is 12.7. The van der Waals surface area contributed by atoms with E-state index in [2.05, 4.69) is 19.2 Å². The average molecular weight is 499 g/mol. The van der Waals surface area contributed by atoms with Gasteiger partial charge in [0.25, 0.3) is 0 Å². The number of carbonyl (C=O) groups is 1. The van der Waals surface area contributed by atoms with Gasteiger partial charge in [0, 0.05) is 37.7 Å². The second kappa shape index (κ2) is 8.87. The van der Waals surface area contributed by atoms with Crippen molar-refractivity contribution in [2.24, 2.45) is 28.6 Å². The fourth-order valence-electron chi connectivity index (χ4n) is 9.46. The fraction of sp³-hybridized carbons (Fsp3) is 0.793. The van der Waals surface area contributed by atoms with Crippen LogP contribution >= 0.6 is 0 Å². The number of hydrogen-bond acceptors (Lipinski definition) is 6. The molecule has 1 saturated heterocycles. The number of fused-ring (bicyclic) bond motifs is 5. The van der Waals surface area contributed by atoms with Gasteiger partial charge in [-0.2, -0.15) is 0 Å². The number of carbonyl (C=O) groups excluding carboxylic acids is 1. The van der Waals surface area contributed by atoms with Crippen LogP contribution in [0.3, 0.4) is 0 Å². The molecule has 4 saturated carbocycles. The molecule has 4 aliphatic carbocycles. The van der Waals surface area contributed by atoms with E-state index in [0.29, 0.717) is 17.8 Å². The van der Waals surface area contributed by atoms with Gasteiger partial charge in [-0.05, 0) is 98.5 Å². The summed E-state index contributed by atoms with van der Waals surface area (Å²) in [6.45, 7) is 7.88. The normalized spacial score (nSPS) is 44.3. The Bertz CT molecular complexity index is 1030. The SMILES string of the molecule is C[C@@]12CC[C@@H](OC(=O)N3CCNCC3)C[C@H]1CC[C@@H]1[C@H]2CC[C@]2(C)[C@@H](c3ccc(=O)oc3)CC[C@@]12O. The monoisotopic (exact) mass is 498 g/mol. The highest BCUT2D eigenvalue weighted by Crippen LogP contribution is 2.70. The summed E-state index contributed by atoms with van der Waals surface area (Å²) in [6.07, 6.45) is 10.5. The molecule has 0 aromatic carbocycles. The molecular formula is C29H42N2O5. The summed E-state index contributed by atoms with van der Waals surface area (Å²) < 4.78 is 11.2. The molecule has 198 valence electrons. The zero-order valence-electron chi connectivity index (χ0n) is 21.8. The van der Waals surface area contributed by atoms with Crippen molar-refractivity contribution >= 4 is 6.09 Å². The third-order valence-electron chi connectivity index (χ3n) is 11.6. The first-order chi connectivity index (χ1) is 17.2. The smallest absolute Gasteiger partial charge is 0.410 e. The topological polar surface area (TPSA) is 92.0 Å². The third-order valence-corrected chi connectivity index (χ3v) is 11.6. The van der Waals surface area contributed by atoms with Crippen LogP contribution in [0.4, 0.5) is 4.79 Å². The maximum absolute atomic E-state index is 12.7. The Morgan fingerprint density at radius 1 is 1.06 bits per heavy atom. The highest BCUT2D eigenvalue weighted by Gasteiger charge is 2.67. The Kier molecular flexibility index (Phi) is 6.03. The maximum Gasteiger partial charge on any atom is 0.410 e. The first kappa shape index (κ1) is 24.5. The fourth-order valence-corrected chi connectivity index (χ4v) is 9.46. The van der Waals surface area contributed by atoms with Crippen LogP contribution in [0.5, 0.6) is 0 Å². The van der Waals surface area contributed by atoms with Gasteiger partial charge in [0.2, 0.25) is 0 Å². The van der Waals surface area contributed by atoms with Crippen molar-refractivity contribution in [2.45, 2.75) is 89.3 Å². The third kappa shape index (κ3) is 3.67. The first-order valence-electron chi connectivity index (χ1n) is 14.2. The highest BCUT2D eigenvalue weighted by atomic mass is 16.6. The zero-order chi connectivity index (χ0) is 25.1. The molecule has 0 spiro atoms. The number of nitrogens with zero attached hydrogens (tertiary/aromatic N) is 1. The van der Waals surface area contributed by atoms with E-state index in [9.17, 15) is 14.7 Å². The molecule has 5 fully saturated rings. The molecule has 1 amide bonds. The predicted octanol–water partition coefficient (Wildman–Crippen LogP) is 4.29. The van der Waals surface area contributed by atoms with Gasteiger partial charge in [-0.3, -0.25) is 0 Å². The van der Waals surface area contributed by atoms with E-state index >= 15 is 0 Å². The molecule has 2 heterocycles. The second-order valence-electron chi connectivity index (χ2n) is 12.9. The standard InChI is InChI=1S/C29H42N2O5/c1-27-10-7-21(36-26(33)31-15-13-30-14-16-31)17-20(27)4-5-24-23(27)8-11-28(2)22(9-12-29(24,28)34)19-3-6-25(32)35-18-19/h3,6,18,20-24,30,34H,4-5,7-17H2,1-2H3/t20-,21-,22-,23-,24-,27-,28-,29-/m1/s1. The lowest BCUT2D eigenvalue weighted by Gasteiger charge is -2.63. The van der Waals surface area contributed by atoms with Crippen LogP contribution in [0.15, 0.2) is 27.6 Å². The molecule has 1 aliphatic heterocycles. The molecular weight excluding hydrogens is 456 g/mol. The van der Waals surface area contributed by atoms with Gasteiger partial charge in [-0.25, -0.2) is 9.59 Å². The van der Waals surface area contributed by atoms with Crippen LogP contribution in [-0.2, 0) is 4.74 Å². The molecule has 1 aromatic rings. The molecule has 5 aliphatic rings. The minimum Gasteiger partial charge on any atom is -0.446 e. The van der Waals surface area contributed by atoms with Crippen molar-refractivity contribution in [1.29, 1.82) is 0 Å². The Labute approximate surface area is 214 Å². The summed E-state index contributed by atoms with van der Waals surface area (Å²) in [5.41, 5.74) is 0.0404. The number of ether oxygens (including phenoxy) is 1. The van der Waals surface area contributed by atoms with E-state index in [-0.39, 0.29) is 34.6 Å². The average Bonchev–Trinajstić information content (AvgIpc) is 3.16. The molecule has 1 aromatic heterocycles. The van der Waals surface area contributed by atoms with Gasteiger partial charge in [0.1, 0.15) is 6.10 Å². The minimum atomic E-state index is -0.684. The van der Waals surface area contributed by atoms with Gasteiger partial charge in [0.15, 0.2) is 0 Å². The quantitative estimate of drug-likeness (QED) is 0.632. The van der Waals surface area contributed by atoms with E-state index in [1.54, 1.807) is 6.26 Å². The van der Waals surface area contributed by atoms with Crippen molar-refractivity contribution in [3.8, 4) is 0 Å². The van der Waals surface area contributed by atoms with Gasteiger partial charge < -0.3 is 24.5 Å². The molecule has 0 bridgehead atoms. The predicted molar refractivity (Wildman–Crippen MR) is 136 cm³/mol. The zero-order valence-corrected chi connectivity index (χ0v) is 21.8. The Hall–Kier alpha value is -1.86. The summed E-state index contributed by atoms with van der Waals surface area (Å²) in [6, 6.07) is 3.42. The number of rotatable bonds is 2. The summed E-state index contributed by atoms with van der Waals surface area (Å²) in [7, 11) is 0. The van der Waals surface area contributed by atoms with E-state index in [1.807, 2.05) is 11.0 Å². The summed E-state index contributed by atoms with van der Waals surface area (Å²) in [5, 5.41) is 15.7. The molecule has 0 radical (unpaired) electrons. The van der Waals surface area contributed by atoms with Gasteiger partial charge in [-0.1, -0.05) is 13.8 Å². The Morgan fingerprint density at radius 2 is 1.86 bits per heavy atom. The lowest BCUT2D eigenvalue weighted by Crippen LogP contribution is -2.62. The lowest BCUT2D eigenvalue weighted by molar-refractivity contribution is -0.205. The van der Waals surface area contributed by atoms with E-state index in [1.165, 1.54) is 6.07 Å². The van der Waals surface area contributed by atoms with Gasteiger partial charge in [0.05, 0.1) is 11.9 Å². The van der Waals surface area contributed by atoms with Crippen molar-refractivity contribution in [2.75, 3.05) is 26.2 Å². The first-order valence-corrected chi connectivity index (χ1v) is 14.2. The number of nitrogens with one attached hydrogen (secondary N) is 1. The number of piperazine rings is 1.